The molecule has 6 heteroatoms. The number of hydrogen-bond acceptors (Lipinski definition) is 5. The van der Waals surface area contributed by atoms with Crippen LogP contribution in [0.1, 0.15) is 5.56 Å². The maximum absolute atomic E-state index is 13.7. The summed E-state index contributed by atoms with van der Waals surface area (Å²) in [6.45, 7) is 0.325. The summed E-state index contributed by atoms with van der Waals surface area (Å²) in [6.07, 6.45) is 1.91. The molecule has 0 spiro atoms. The number of para-hydroxylation sites is 3. The van der Waals surface area contributed by atoms with Crippen molar-refractivity contribution in [3.05, 3.63) is 126 Å². The Bertz CT molecular complexity index is 1330. The SMILES string of the molecule is COc1ccc(/C=C2\SC(=Nc3ccccc3)N(CN(c3ccccc3)c3ccccc3)C2=O)cc1. The van der Waals surface area contributed by atoms with Crippen molar-refractivity contribution in [2.75, 3.05) is 18.7 Å². The zero-order valence-electron chi connectivity index (χ0n) is 19.8. The minimum Gasteiger partial charge on any atom is -0.497 e. The molecule has 0 radical (unpaired) electrons. The number of ether oxygens (including phenoxy) is 1. The Hall–Kier alpha value is -4.29. The molecule has 0 saturated carbocycles. The predicted molar refractivity (Wildman–Crippen MR) is 149 cm³/mol. The minimum atomic E-state index is -0.0811. The van der Waals surface area contributed by atoms with Crippen molar-refractivity contribution in [1.82, 2.24) is 4.90 Å². The largest absolute Gasteiger partial charge is 0.497 e. The summed E-state index contributed by atoms with van der Waals surface area (Å²) in [4.78, 5) is 23.1. The molecule has 0 aliphatic carbocycles. The molecule has 0 unspecified atom stereocenters. The second kappa shape index (κ2) is 11.0. The number of hydrogen-bond donors (Lipinski definition) is 0. The smallest absolute Gasteiger partial charge is 0.268 e. The molecule has 1 saturated heterocycles. The van der Waals surface area contributed by atoms with Crippen molar-refractivity contribution >= 4 is 46.0 Å². The van der Waals surface area contributed by atoms with Gasteiger partial charge in [0.1, 0.15) is 12.4 Å². The van der Waals surface area contributed by atoms with Crippen LogP contribution in [0, 0.1) is 0 Å². The highest BCUT2D eigenvalue weighted by atomic mass is 32.2. The fourth-order valence-electron chi connectivity index (χ4n) is 3.85. The monoisotopic (exact) mass is 491 g/mol. The summed E-state index contributed by atoms with van der Waals surface area (Å²) in [7, 11) is 1.64. The molecular weight excluding hydrogens is 466 g/mol. The summed E-state index contributed by atoms with van der Waals surface area (Å²) in [6, 6.07) is 37.5. The van der Waals surface area contributed by atoms with E-state index in [1.807, 2.05) is 121 Å². The highest BCUT2D eigenvalue weighted by molar-refractivity contribution is 8.18. The standard InChI is InChI=1S/C30H25N3O2S/c1-35-27-19-17-23(18-20-27)21-28-29(34)33(30(36-28)31-24-11-5-2-6-12-24)22-32(25-13-7-3-8-14-25)26-15-9-4-10-16-26/h2-21H,22H2,1H3/b28-21-,31-30?. The molecule has 1 aliphatic heterocycles. The van der Waals surface area contributed by atoms with Gasteiger partial charge in [-0.25, -0.2) is 4.99 Å². The second-order valence-electron chi connectivity index (χ2n) is 8.09. The van der Waals surface area contributed by atoms with Gasteiger partial charge in [-0.2, -0.15) is 0 Å². The molecule has 178 valence electrons. The van der Waals surface area contributed by atoms with Gasteiger partial charge in [0.25, 0.3) is 5.91 Å². The van der Waals surface area contributed by atoms with Gasteiger partial charge in [0, 0.05) is 11.4 Å². The topological polar surface area (TPSA) is 45.1 Å². The Balaban J connectivity index is 1.53. The molecule has 5 nitrogen and oxygen atoms in total. The van der Waals surface area contributed by atoms with Crippen LogP contribution in [0.25, 0.3) is 6.08 Å². The van der Waals surface area contributed by atoms with Crippen molar-refractivity contribution < 1.29 is 9.53 Å². The maximum atomic E-state index is 13.7. The van der Waals surface area contributed by atoms with E-state index >= 15 is 0 Å². The van der Waals surface area contributed by atoms with Gasteiger partial charge in [-0.3, -0.25) is 9.69 Å². The number of benzene rings is 4. The molecule has 1 aliphatic rings. The lowest BCUT2D eigenvalue weighted by Gasteiger charge is -2.29. The highest BCUT2D eigenvalue weighted by Crippen LogP contribution is 2.36. The first-order valence-corrected chi connectivity index (χ1v) is 12.4. The molecular formula is C30H25N3O2S. The highest BCUT2D eigenvalue weighted by Gasteiger charge is 2.35. The van der Waals surface area contributed by atoms with Crippen molar-refractivity contribution in [2.45, 2.75) is 0 Å². The van der Waals surface area contributed by atoms with E-state index in [1.54, 1.807) is 12.0 Å². The van der Waals surface area contributed by atoms with Crippen molar-refractivity contribution in [3.8, 4) is 5.75 Å². The first kappa shape index (κ1) is 23.5. The summed E-state index contributed by atoms with van der Waals surface area (Å²) in [5.74, 6) is 0.694. The zero-order valence-corrected chi connectivity index (χ0v) is 20.6. The number of rotatable bonds is 7. The first-order chi connectivity index (χ1) is 17.7. The molecule has 0 N–H and O–H groups in total. The van der Waals surface area contributed by atoms with E-state index in [0.29, 0.717) is 16.7 Å². The van der Waals surface area contributed by atoms with E-state index in [-0.39, 0.29) is 5.91 Å². The van der Waals surface area contributed by atoms with Crippen LogP contribution in [-0.2, 0) is 4.79 Å². The first-order valence-electron chi connectivity index (χ1n) is 11.6. The molecule has 1 heterocycles. The number of carbonyl (C=O) groups is 1. The molecule has 4 aromatic rings. The van der Waals surface area contributed by atoms with Gasteiger partial charge < -0.3 is 9.64 Å². The average molecular weight is 492 g/mol. The Morgan fingerprint density at radius 1 is 0.806 bits per heavy atom. The third-order valence-electron chi connectivity index (χ3n) is 5.70. The van der Waals surface area contributed by atoms with Crippen molar-refractivity contribution in [3.63, 3.8) is 0 Å². The molecule has 36 heavy (non-hydrogen) atoms. The number of amidine groups is 1. The van der Waals surface area contributed by atoms with E-state index < -0.39 is 0 Å². The van der Waals surface area contributed by atoms with Gasteiger partial charge in [-0.05, 0) is 71.9 Å². The summed E-state index contributed by atoms with van der Waals surface area (Å²) >= 11 is 1.39. The second-order valence-corrected chi connectivity index (χ2v) is 9.10. The number of anilines is 2. The van der Waals surface area contributed by atoms with Gasteiger partial charge in [-0.15, -0.1) is 0 Å². The number of nitrogens with zero attached hydrogens (tertiary/aromatic N) is 3. The molecule has 4 aromatic carbocycles. The maximum Gasteiger partial charge on any atom is 0.268 e. The molecule has 0 aromatic heterocycles. The molecule has 5 rings (SSSR count). The van der Waals surface area contributed by atoms with Gasteiger partial charge in [0.05, 0.1) is 17.7 Å². The van der Waals surface area contributed by atoms with Crippen LogP contribution in [0.4, 0.5) is 17.1 Å². The third-order valence-corrected chi connectivity index (χ3v) is 6.71. The predicted octanol–water partition coefficient (Wildman–Crippen LogP) is 7.10. The van der Waals surface area contributed by atoms with Gasteiger partial charge in [0.15, 0.2) is 5.17 Å². The minimum absolute atomic E-state index is 0.0811. The van der Waals surface area contributed by atoms with E-state index in [1.165, 1.54) is 11.8 Å². The summed E-state index contributed by atoms with van der Waals surface area (Å²) in [5, 5.41) is 0.642. The van der Waals surface area contributed by atoms with Crippen molar-refractivity contribution in [2.24, 2.45) is 4.99 Å². The fourth-order valence-corrected chi connectivity index (χ4v) is 4.84. The van der Waals surface area contributed by atoms with Crippen LogP contribution in [0.3, 0.4) is 0 Å². The average Bonchev–Trinajstić information content (AvgIpc) is 3.22. The van der Waals surface area contributed by atoms with Gasteiger partial charge in [-0.1, -0.05) is 66.7 Å². The lowest BCUT2D eigenvalue weighted by atomic mass is 10.2. The van der Waals surface area contributed by atoms with Gasteiger partial charge >= 0.3 is 0 Å². The number of thioether (sulfide) groups is 1. The van der Waals surface area contributed by atoms with E-state index in [9.17, 15) is 4.79 Å². The number of methoxy groups -OCH3 is 1. The van der Waals surface area contributed by atoms with E-state index in [4.69, 9.17) is 9.73 Å². The molecule has 1 fully saturated rings. The van der Waals surface area contributed by atoms with Gasteiger partial charge in [0.2, 0.25) is 0 Å². The Kier molecular flexibility index (Phi) is 7.15. The normalized spacial score (nSPS) is 15.5. The van der Waals surface area contributed by atoms with Crippen molar-refractivity contribution in [1.29, 1.82) is 0 Å². The van der Waals surface area contributed by atoms with Crippen LogP contribution in [0.2, 0.25) is 0 Å². The number of carbonyl (C=O) groups excluding carboxylic acids is 1. The Labute approximate surface area is 215 Å². The summed E-state index contributed by atoms with van der Waals surface area (Å²) in [5.41, 5.74) is 3.71. The van der Waals surface area contributed by atoms with Crippen LogP contribution in [0.15, 0.2) is 125 Å². The Morgan fingerprint density at radius 2 is 1.36 bits per heavy atom. The number of aliphatic imine (C=N–C) groups is 1. The zero-order chi connectivity index (χ0) is 24.7. The van der Waals surface area contributed by atoms with Crippen LogP contribution in [-0.4, -0.2) is 29.8 Å². The summed E-state index contributed by atoms with van der Waals surface area (Å²) < 4.78 is 5.26. The third kappa shape index (κ3) is 5.34. The lowest BCUT2D eigenvalue weighted by molar-refractivity contribution is -0.122. The van der Waals surface area contributed by atoms with Crippen LogP contribution in [0.5, 0.6) is 5.75 Å². The Morgan fingerprint density at radius 3 is 1.92 bits per heavy atom. The van der Waals surface area contributed by atoms with Crippen LogP contribution < -0.4 is 9.64 Å². The molecule has 0 bridgehead atoms. The quantitative estimate of drug-likeness (QED) is 0.259. The molecule has 1 amide bonds. The fraction of sp³-hybridized carbons (Fsp3) is 0.0667. The lowest BCUT2D eigenvalue weighted by Crippen LogP contribution is -2.38. The van der Waals surface area contributed by atoms with Crippen LogP contribution >= 0.6 is 11.8 Å². The van der Waals surface area contributed by atoms with E-state index in [0.717, 1.165) is 28.4 Å². The number of amides is 1. The molecule has 0 atom stereocenters. The van der Waals surface area contributed by atoms with E-state index in [2.05, 4.69) is 4.90 Å².